The van der Waals surface area contributed by atoms with Crippen molar-refractivity contribution < 1.29 is 19.4 Å². The van der Waals surface area contributed by atoms with Crippen molar-refractivity contribution in [2.24, 2.45) is 5.41 Å². The number of hydrogen-bond acceptors (Lipinski definition) is 3. The highest BCUT2D eigenvalue weighted by Gasteiger charge is 2.46. The average Bonchev–Trinajstić information content (AvgIpc) is 2.77. The second-order valence-electron chi connectivity index (χ2n) is 6.40. The van der Waals surface area contributed by atoms with Crippen LogP contribution in [0.4, 0.5) is 4.79 Å². The van der Waals surface area contributed by atoms with Crippen LogP contribution in [0.2, 0.25) is 0 Å². The Hall–Kier alpha value is -1.30. The molecule has 1 rings (SSSR count). The van der Waals surface area contributed by atoms with Gasteiger partial charge < -0.3 is 20.1 Å². The smallest absolute Gasteiger partial charge is 0.329 e. The van der Waals surface area contributed by atoms with Gasteiger partial charge in [0.15, 0.2) is 0 Å². The number of rotatable bonds is 6. The first-order chi connectivity index (χ1) is 9.23. The van der Waals surface area contributed by atoms with Crippen molar-refractivity contribution >= 4 is 12.0 Å². The number of urea groups is 1. The molecule has 1 saturated heterocycles. The number of carboxylic acid groups (broad SMARTS) is 1. The minimum atomic E-state index is -1.08. The Balaban J connectivity index is 2.57. The number of carboxylic acids is 1. The minimum absolute atomic E-state index is 0.0784. The molecular formula is C14H26N2O4. The van der Waals surface area contributed by atoms with Crippen LogP contribution in [0.1, 0.15) is 40.0 Å². The maximum Gasteiger partial charge on any atom is 0.329 e. The number of nitrogens with zero attached hydrogens (tertiary/aromatic N) is 1. The van der Waals surface area contributed by atoms with Crippen LogP contribution in [0, 0.1) is 5.41 Å². The van der Waals surface area contributed by atoms with Crippen LogP contribution < -0.4 is 5.32 Å². The van der Waals surface area contributed by atoms with Crippen molar-refractivity contribution in [3.05, 3.63) is 0 Å². The van der Waals surface area contributed by atoms with Crippen LogP contribution >= 0.6 is 0 Å². The predicted octanol–water partition coefficient (Wildman–Crippen LogP) is 1.70. The second-order valence-corrected chi connectivity index (χ2v) is 6.40. The molecule has 1 aliphatic heterocycles. The van der Waals surface area contributed by atoms with Crippen LogP contribution in [0.15, 0.2) is 0 Å². The lowest BCUT2D eigenvalue weighted by molar-refractivity contribution is -0.147. The number of nitrogens with one attached hydrogen (secondary N) is 1. The quantitative estimate of drug-likeness (QED) is 0.779. The second kappa shape index (κ2) is 6.43. The molecule has 1 heterocycles. The van der Waals surface area contributed by atoms with E-state index < -0.39 is 11.5 Å². The minimum Gasteiger partial charge on any atom is -0.480 e. The predicted molar refractivity (Wildman–Crippen MR) is 75.7 cm³/mol. The molecule has 0 spiro atoms. The van der Waals surface area contributed by atoms with Gasteiger partial charge in [-0.1, -0.05) is 13.8 Å². The van der Waals surface area contributed by atoms with E-state index in [1.54, 1.807) is 14.0 Å². The fourth-order valence-electron chi connectivity index (χ4n) is 2.39. The Morgan fingerprint density at radius 1 is 1.45 bits per heavy atom. The van der Waals surface area contributed by atoms with E-state index in [0.717, 1.165) is 12.8 Å². The molecule has 1 atom stereocenters. The van der Waals surface area contributed by atoms with Gasteiger partial charge in [-0.2, -0.15) is 0 Å². The van der Waals surface area contributed by atoms with Crippen molar-refractivity contribution in [1.82, 2.24) is 10.2 Å². The summed E-state index contributed by atoms with van der Waals surface area (Å²) in [6.07, 6.45) is 2.06. The number of carbonyl (C=O) groups is 2. The van der Waals surface area contributed by atoms with Gasteiger partial charge in [0.1, 0.15) is 5.54 Å². The highest BCUT2D eigenvalue weighted by Crippen LogP contribution is 2.29. The van der Waals surface area contributed by atoms with E-state index in [1.165, 1.54) is 4.90 Å². The molecule has 2 amide bonds. The molecule has 0 saturated carbocycles. The Morgan fingerprint density at radius 2 is 2.10 bits per heavy atom. The molecule has 1 fully saturated rings. The summed E-state index contributed by atoms with van der Waals surface area (Å²) in [5, 5.41) is 12.1. The normalized spacial score (nSPS) is 22.9. The highest BCUT2D eigenvalue weighted by atomic mass is 16.5. The summed E-state index contributed by atoms with van der Waals surface area (Å²) in [5.41, 5.74) is -1.16. The van der Waals surface area contributed by atoms with Gasteiger partial charge in [0, 0.05) is 26.8 Å². The summed E-state index contributed by atoms with van der Waals surface area (Å²) in [6, 6.07) is -0.294. The van der Waals surface area contributed by atoms with Crippen LogP contribution in [0.3, 0.4) is 0 Å². The maximum atomic E-state index is 12.2. The van der Waals surface area contributed by atoms with Crippen LogP contribution in [0.25, 0.3) is 0 Å². The molecule has 0 aromatic rings. The van der Waals surface area contributed by atoms with Gasteiger partial charge in [0.05, 0.1) is 0 Å². The Kier molecular flexibility index (Phi) is 5.39. The Bertz CT molecular complexity index is 370. The van der Waals surface area contributed by atoms with E-state index >= 15 is 0 Å². The molecule has 116 valence electrons. The molecule has 1 unspecified atom stereocenters. The largest absolute Gasteiger partial charge is 0.480 e. The molecular weight excluding hydrogens is 260 g/mol. The molecule has 20 heavy (non-hydrogen) atoms. The Morgan fingerprint density at radius 3 is 2.65 bits per heavy atom. The maximum absolute atomic E-state index is 12.2. The first-order valence-electron chi connectivity index (χ1n) is 7.01. The summed E-state index contributed by atoms with van der Waals surface area (Å²) in [4.78, 5) is 25.0. The van der Waals surface area contributed by atoms with Gasteiger partial charge in [-0.15, -0.1) is 0 Å². The number of methoxy groups -OCH3 is 1. The fraction of sp³-hybridized carbons (Fsp3) is 0.857. The van der Waals surface area contributed by atoms with Crippen molar-refractivity contribution in [2.45, 2.75) is 45.6 Å². The number of carbonyl (C=O) groups excluding carboxylic acids is 1. The number of ether oxygens (including phenoxy) is 1. The number of hydrogen-bond donors (Lipinski definition) is 2. The lowest BCUT2D eigenvalue weighted by atomic mass is 9.90. The number of aliphatic carboxylic acids is 1. The molecule has 2 N–H and O–H groups in total. The summed E-state index contributed by atoms with van der Waals surface area (Å²) >= 11 is 0. The van der Waals surface area contributed by atoms with Gasteiger partial charge in [-0.05, 0) is 31.6 Å². The van der Waals surface area contributed by atoms with Crippen molar-refractivity contribution in [2.75, 3.05) is 26.8 Å². The van der Waals surface area contributed by atoms with Gasteiger partial charge in [-0.25, -0.2) is 9.59 Å². The standard InChI is InChI=1S/C14H26N2O4/c1-13(2,7-9-20-4)10-15-12(19)16-8-5-6-14(16,3)11(17)18/h5-10H2,1-4H3,(H,15,19)(H,17,18). The van der Waals surface area contributed by atoms with Crippen LogP contribution in [0.5, 0.6) is 0 Å². The monoisotopic (exact) mass is 286 g/mol. The summed E-state index contributed by atoms with van der Waals surface area (Å²) in [7, 11) is 1.65. The first-order valence-corrected chi connectivity index (χ1v) is 7.01. The van der Waals surface area contributed by atoms with Gasteiger partial charge in [0.2, 0.25) is 0 Å². The zero-order valence-electron chi connectivity index (χ0n) is 12.9. The Labute approximate surface area is 120 Å². The first kappa shape index (κ1) is 16.8. The summed E-state index contributed by atoms with van der Waals surface area (Å²) in [5.74, 6) is -0.941. The van der Waals surface area contributed by atoms with E-state index in [1.807, 2.05) is 13.8 Å². The third-order valence-electron chi connectivity index (χ3n) is 4.05. The lowest BCUT2D eigenvalue weighted by Gasteiger charge is -2.33. The van der Waals surface area contributed by atoms with Gasteiger partial charge in [-0.3, -0.25) is 0 Å². The van der Waals surface area contributed by atoms with E-state index in [0.29, 0.717) is 26.1 Å². The molecule has 1 aliphatic rings. The number of likely N-dealkylation sites (tertiary alicyclic amines) is 1. The fourth-order valence-corrected chi connectivity index (χ4v) is 2.39. The third-order valence-corrected chi connectivity index (χ3v) is 4.05. The van der Waals surface area contributed by atoms with E-state index in [2.05, 4.69) is 5.32 Å². The topological polar surface area (TPSA) is 78.9 Å². The van der Waals surface area contributed by atoms with Crippen LogP contribution in [-0.2, 0) is 9.53 Å². The molecule has 6 nitrogen and oxygen atoms in total. The lowest BCUT2D eigenvalue weighted by Crippen LogP contribution is -2.55. The molecule has 6 heteroatoms. The summed E-state index contributed by atoms with van der Waals surface area (Å²) < 4.78 is 5.05. The number of amides is 2. The molecule has 0 aromatic heterocycles. The molecule has 0 bridgehead atoms. The molecule has 0 aromatic carbocycles. The molecule has 0 aliphatic carbocycles. The van der Waals surface area contributed by atoms with Gasteiger partial charge in [0.25, 0.3) is 0 Å². The van der Waals surface area contributed by atoms with E-state index in [4.69, 9.17) is 4.74 Å². The van der Waals surface area contributed by atoms with Crippen molar-refractivity contribution in [3.63, 3.8) is 0 Å². The van der Waals surface area contributed by atoms with E-state index in [-0.39, 0.29) is 11.4 Å². The third kappa shape index (κ3) is 3.85. The van der Waals surface area contributed by atoms with Crippen molar-refractivity contribution in [1.29, 1.82) is 0 Å². The highest BCUT2D eigenvalue weighted by molar-refractivity contribution is 5.86. The zero-order chi connectivity index (χ0) is 15.4. The van der Waals surface area contributed by atoms with E-state index in [9.17, 15) is 14.7 Å². The average molecular weight is 286 g/mol. The zero-order valence-corrected chi connectivity index (χ0v) is 12.9. The van der Waals surface area contributed by atoms with Crippen molar-refractivity contribution in [3.8, 4) is 0 Å². The van der Waals surface area contributed by atoms with Crippen LogP contribution in [-0.4, -0.2) is 54.4 Å². The molecule has 0 radical (unpaired) electrons. The SMILES string of the molecule is COCCC(C)(C)CNC(=O)N1CCCC1(C)C(=O)O. The van der Waals surface area contributed by atoms with Gasteiger partial charge >= 0.3 is 12.0 Å². The summed E-state index contributed by atoms with van der Waals surface area (Å²) in [6.45, 7) is 7.34.